The van der Waals surface area contributed by atoms with Gasteiger partial charge < -0.3 is 20.1 Å². The Morgan fingerprint density at radius 1 is 1.32 bits per heavy atom. The second-order valence-corrected chi connectivity index (χ2v) is 6.67. The van der Waals surface area contributed by atoms with Crippen molar-refractivity contribution in [2.75, 3.05) is 6.61 Å². The number of H-pyrrole nitrogens is 1. The first-order valence-electron chi connectivity index (χ1n) is 8.47. The van der Waals surface area contributed by atoms with Crippen LogP contribution in [0.15, 0.2) is 15.8 Å². The van der Waals surface area contributed by atoms with Gasteiger partial charge in [-0.3, -0.25) is 14.3 Å². The van der Waals surface area contributed by atoms with E-state index in [4.69, 9.17) is 9.84 Å². The monoisotopic (exact) mass is 350 g/mol. The highest BCUT2D eigenvalue weighted by atomic mass is 16.5. The standard InChI is InChI=1S/C17H22N2O6/c20-10-13-12(21)8-14(25-13)19-9-11(15(22)18-16(19)23)4-7-17(24)5-2-1-3-6-17/h9,12-14,20-21,24H,1-3,5-6,8,10H2,(H,18,22,23)/t12-,13+,14+/m0/s1. The highest BCUT2D eigenvalue weighted by Crippen LogP contribution is 2.28. The smallest absolute Gasteiger partial charge is 0.330 e. The van der Waals surface area contributed by atoms with E-state index in [0.717, 1.165) is 23.8 Å². The van der Waals surface area contributed by atoms with E-state index in [-0.39, 0.29) is 18.6 Å². The molecule has 1 saturated carbocycles. The summed E-state index contributed by atoms with van der Waals surface area (Å²) in [5.74, 6) is 5.44. The molecule has 1 aliphatic carbocycles. The summed E-state index contributed by atoms with van der Waals surface area (Å²) in [4.78, 5) is 26.2. The topological polar surface area (TPSA) is 125 Å². The van der Waals surface area contributed by atoms with Crippen molar-refractivity contribution in [2.24, 2.45) is 0 Å². The number of aromatic nitrogens is 2. The molecule has 8 heteroatoms. The Balaban J connectivity index is 1.90. The van der Waals surface area contributed by atoms with E-state index >= 15 is 0 Å². The van der Waals surface area contributed by atoms with Crippen molar-refractivity contribution in [3.63, 3.8) is 0 Å². The summed E-state index contributed by atoms with van der Waals surface area (Å²) in [6.07, 6.45) is 2.88. The zero-order valence-corrected chi connectivity index (χ0v) is 13.8. The van der Waals surface area contributed by atoms with E-state index in [1.807, 2.05) is 0 Å². The summed E-state index contributed by atoms with van der Waals surface area (Å²) in [7, 11) is 0. The van der Waals surface area contributed by atoms with Gasteiger partial charge in [-0.05, 0) is 25.7 Å². The lowest BCUT2D eigenvalue weighted by Crippen LogP contribution is -2.34. The molecule has 0 bridgehead atoms. The first kappa shape index (κ1) is 17.9. The van der Waals surface area contributed by atoms with E-state index < -0.39 is 35.3 Å². The minimum Gasteiger partial charge on any atom is -0.394 e. The molecular formula is C17H22N2O6. The fraction of sp³-hybridized carbons (Fsp3) is 0.647. The quantitative estimate of drug-likeness (QED) is 0.519. The number of hydrogen-bond acceptors (Lipinski definition) is 6. The van der Waals surface area contributed by atoms with Gasteiger partial charge in [0, 0.05) is 12.6 Å². The van der Waals surface area contributed by atoms with Gasteiger partial charge in [0.2, 0.25) is 0 Å². The van der Waals surface area contributed by atoms with E-state index in [1.54, 1.807) is 0 Å². The normalized spacial score (nSPS) is 28.4. The number of nitrogens with zero attached hydrogens (tertiary/aromatic N) is 1. The fourth-order valence-electron chi connectivity index (χ4n) is 3.28. The average molecular weight is 350 g/mol. The van der Waals surface area contributed by atoms with Gasteiger partial charge in [0.1, 0.15) is 23.5 Å². The maximum absolute atomic E-state index is 12.0. The summed E-state index contributed by atoms with van der Waals surface area (Å²) in [6.45, 7) is -0.366. The molecular weight excluding hydrogens is 328 g/mol. The molecule has 3 atom stereocenters. The molecule has 136 valence electrons. The van der Waals surface area contributed by atoms with Crippen LogP contribution in [0.1, 0.15) is 50.3 Å². The summed E-state index contributed by atoms with van der Waals surface area (Å²) >= 11 is 0. The maximum Gasteiger partial charge on any atom is 0.330 e. The van der Waals surface area contributed by atoms with Crippen LogP contribution in [0.4, 0.5) is 0 Å². The van der Waals surface area contributed by atoms with Crippen molar-refractivity contribution in [3.05, 3.63) is 32.6 Å². The van der Waals surface area contributed by atoms with Gasteiger partial charge in [-0.2, -0.15) is 0 Å². The fourth-order valence-corrected chi connectivity index (χ4v) is 3.28. The van der Waals surface area contributed by atoms with Gasteiger partial charge in [-0.15, -0.1) is 0 Å². The van der Waals surface area contributed by atoms with Gasteiger partial charge in [-0.25, -0.2) is 4.79 Å². The minimum absolute atomic E-state index is 0.0455. The third-order valence-corrected chi connectivity index (χ3v) is 4.77. The Bertz CT molecular complexity index is 796. The molecule has 0 amide bonds. The molecule has 2 aliphatic rings. The van der Waals surface area contributed by atoms with Crippen LogP contribution in [0.3, 0.4) is 0 Å². The zero-order chi connectivity index (χ0) is 18.0. The third kappa shape index (κ3) is 3.85. The van der Waals surface area contributed by atoms with Crippen LogP contribution in [0, 0.1) is 11.8 Å². The molecule has 0 aromatic carbocycles. The Labute approximate surface area is 144 Å². The average Bonchev–Trinajstić information content (AvgIpc) is 2.95. The lowest BCUT2D eigenvalue weighted by molar-refractivity contribution is -0.0459. The van der Waals surface area contributed by atoms with Crippen LogP contribution < -0.4 is 11.2 Å². The Kier molecular flexibility index (Phi) is 5.11. The highest BCUT2D eigenvalue weighted by Gasteiger charge is 2.35. The molecule has 2 fully saturated rings. The SMILES string of the molecule is O=c1[nH]c(=O)n([C@H]2C[C@H](O)[C@@H](CO)O2)cc1C#CC1(O)CCCCC1. The van der Waals surface area contributed by atoms with Gasteiger partial charge in [0.05, 0.1) is 12.7 Å². The molecule has 0 spiro atoms. The number of hydrogen-bond donors (Lipinski definition) is 4. The molecule has 25 heavy (non-hydrogen) atoms. The van der Waals surface area contributed by atoms with Crippen molar-refractivity contribution in [1.29, 1.82) is 0 Å². The van der Waals surface area contributed by atoms with Crippen molar-refractivity contribution in [3.8, 4) is 11.8 Å². The summed E-state index contributed by atoms with van der Waals surface area (Å²) in [5, 5.41) is 29.4. The molecule has 3 rings (SSSR count). The first-order valence-corrected chi connectivity index (χ1v) is 8.47. The van der Waals surface area contributed by atoms with Gasteiger partial charge in [0.25, 0.3) is 5.56 Å². The lowest BCUT2D eigenvalue weighted by atomic mass is 9.85. The van der Waals surface area contributed by atoms with Crippen LogP contribution >= 0.6 is 0 Å². The Morgan fingerprint density at radius 3 is 2.68 bits per heavy atom. The van der Waals surface area contributed by atoms with Crippen LogP contribution in [-0.4, -0.2) is 49.3 Å². The largest absolute Gasteiger partial charge is 0.394 e. The van der Waals surface area contributed by atoms with Crippen molar-refractivity contribution in [2.45, 2.75) is 62.6 Å². The predicted octanol–water partition coefficient (Wildman–Crippen LogP) is -0.776. The number of rotatable bonds is 2. The van der Waals surface area contributed by atoms with Crippen LogP contribution in [0.5, 0.6) is 0 Å². The second-order valence-electron chi connectivity index (χ2n) is 6.67. The molecule has 0 unspecified atom stereocenters. The molecule has 2 heterocycles. The molecule has 0 radical (unpaired) electrons. The molecule has 1 aromatic rings. The summed E-state index contributed by atoms with van der Waals surface area (Å²) in [6, 6.07) is 0. The van der Waals surface area contributed by atoms with Crippen molar-refractivity contribution in [1.82, 2.24) is 9.55 Å². The van der Waals surface area contributed by atoms with Crippen molar-refractivity contribution < 1.29 is 20.1 Å². The highest BCUT2D eigenvalue weighted by molar-refractivity contribution is 5.33. The van der Waals surface area contributed by atoms with Gasteiger partial charge in [-0.1, -0.05) is 18.3 Å². The molecule has 1 saturated heterocycles. The zero-order valence-electron chi connectivity index (χ0n) is 13.8. The van der Waals surface area contributed by atoms with Gasteiger partial charge >= 0.3 is 5.69 Å². The van der Waals surface area contributed by atoms with E-state index in [1.165, 1.54) is 6.20 Å². The maximum atomic E-state index is 12.0. The van der Waals surface area contributed by atoms with Crippen LogP contribution in [0.2, 0.25) is 0 Å². The van der Waals surface area contributed by atoms with E-state index in [2.05, 4.69) is 16.8 Å². The predicted molar refractivity (Wildman–Crippen MR) is 87.9 cm³/mol. The Morgan fingerprint density at radius 2 is 2.04 bits per heavy atom. The van der Waals surface area contributed by atoms with Crippen LogP contribution in [-0.2, 0) is 4.74 Å². The Hall–Kier alpha value is -1.92. The summed E-state index contributed by atoms with van der Waals surface area (Å²) < 4.78 is 6.59. The number of aromatic amines is 1. The molecule has 1 aliphatic heterocycles. The number of nitrogens with one attached hydrogen (secondary N) is 1. The molecule has 8 nitrogen and oxygen atoms in total. The minimum atomic E-state index is -1.10. The van der Waals surface area contributed by atoms with E-state index in [9.17, 15) is 19.8 Å². The first-order chi connectivity index (χ1) is 11.9. The molecule has 4 N–H and O–H groups in total. The molecule has 1 aromatic heterocycles. The third-order valence-electron chi connectivity index (χ3n) is 4.77. The van der Waals surface area contributed by atoms with Crippen molar-refractivity contribution >= 4 is 0 Å². The van der Waals surface area contributed by atoms with E-state index in [0.29, 0.717) is 12.8 Å². The number of ether oxygens (including phenoxy) is 1. The lowest BCUT2D eigenvalue weighted by Gasteiger charge is -2.26. The van der Waals surface area contributed by atoms with Gasteiger partial charge in [0.15, 0.2) is 0 Å². The second kappa shape index (κ2) is 7.14. The number of aliphatic hydroxyl groups is 3. The van der Waals surface area contributed by atoms with Crippen LogP contribution in [0.25, 0.3) is 0 Å². The number of aliphatic hydroxyl groups excluding tert-OH is 2. The summed E-state index contributed by atoms with van der Waals surface area (Å²) in [5.41, 5.74) is -2.37.